The van der Waals surface area contributed by atoms with Crippen LogP contribution in [-0.2, 0) is 37.5 Å². The second kappa shape index (κ2) is 6.66. The second-order valence-corrected chi connectivity index (χ2v) is 8.84. The van der Waals surface area contributed by atoms with E-state index in [0.29, 0.717) is 11.1 Å². The lowest BCUT2D eigenvalue weighted by Crippen LogP contribution is -2.53. The van der Waals surface area contributed by atoms with Crippen LogP contribution in [0.15, 0.2) is 60.7 Å². The molecule has 0 bridgehead atoms. The molecule has 2 fully saturated rings. The number of hydrogen-bond donors (Lipinski definition) is 0. The summed E-state index contributed by atoms with van der Waals surface area (Å²) in [6, 6.07) is 17.2. The Kier molecular flexibility index (Phi) is 4.57. The molecular weight excluding hydrogens is 396 g/mol. The Bertz CT molecular complexity index is 934. The summed E-state index contributed by atoms with van der Waals surface area (Å²) < 4.78 is 68.3. The highest BCUT2D eigenvalue weighted by Gasteiger charge is 2.59. The Labute approximate surface area is 157 Å². The summed E-state index contributed by atoms with van der Waals surface area (Å²) in [5.74, 6) is 0. The second-order valence-electron chi connectivity index (χ2n) is 6.35. The lowest BCUT2D eigenvalue weighted by atomic mass is 9.73. The molecule has 0 N–H and O–H groups in total. The van der Waals surface area contributed by atoms with E-state index in [0.717, 1.165) is 0 Å². The van der Waals surface area contributed by atoms with Gasteiger partial charge >= 0.3 is 20.8 Å². The highest BCUT2D eigenvalue weighted by atomic mass is 32.3. The maximum atomic E-state index is 12.0. The van der Waals surface area contributed by atoms with Gasteiger partial charge in [-0.15, -0.1) is 0 Å². The fourth-order valence-corrected chi connectivity index (χ4v) is 5.27. The summed E-state index contributed by atoms with van der Waals surface area (Å²) in [7, 11) is -8.50. The predicted octanol–water partition coefficient (Wildman–Crippen LogP) is 2.04. The van der Waals surface area contributed by atoms with Gasteiger partial charge in [0.15, 0.2) is 0 Å². The van der Waals surface area contributed by atoms with Crippen LogP contribution in [0, 0.1) is 5.41 Å². The molecule has 2 atom stereocenters. The smallest absolute Gasteiger partial charge is 0.247 e. The van der Waals surface area contributed by atoms with Gasteiger partial charge in [0, 0.05) is 0 Å². The lowest BCUT2D eigenvalue weighted by molar-refractivity contribution is -0.147. The monoisotopic (exact) mass is 412 g/mol. The number of benzene rings is 2. The van der Waals surface area contributed by atoms with Crippen LogP contribution in [-0.4, -0.2) is 30.0 Å². The van der Waals surface area contributed by atoms with E-state index in [1.54, 1.807) is 60.7 Å². The Morgan fingerprint density at radius 2 is 1.04 bits per heavy atom. The van der Waals surface area contributed by atoms with Crippen molar-refractivity contribution >= 4 is 20.8 Å². The largest absolute Gasteiger partial charge is 0.400 e. The Balaban J connectivity index is 1.87. The third-order valence-corrected chi connectivity index (χ3v) is 6.29. The van der Waals surface area contributed by atoms with Crippen molar-refractivity contribution in [3.8, 4) is 0 Å². The Morgan fingerprint density at radius 3 is 1.41 bits per heavy atom. The van der Waals surface area contributed by atoms with E-state index in [9.17, 15) is 16.8 Å². The molecule has 2 heterocycles. The molecule has 2 aromatic carbocycles. The third-order valence-electron chi connectivity index (χ3n) is 4.62. The predicted molar refractivity (Wildman–Crippen MR) is 92.7 cm³/mol. The van der Waals surface area contributed by atoms with Crippen molar-refractivity contribution in [2.75, 3.05) is 13.2 Å². The van der Waals surface area contributed by atoms with Crippen molar-refractivity contribution < 1.29 is 33.6 Å². The first-order valence-electron chi connectivity index (χ1n) is 8.07. The van der Waals surface area contributed by atoms with Crippen LogP contribution in [0.2, 0.25) is 0 Å². The zero-order valence-corrected chi connectivity index (χ0v) is 15.6. The normalized spacial score (nSPS) is 32.1. The molecule has 144 valence electrons. The van der Waals surface area contributed by atoms with Gasteiger partial charge in [-0.1, -0.05) is 60.7 Å². The minimum atomic E-state index is -4.25. The molecule has 10 heteroatoms. The molecule has 2 saturated heterocycles. The van der Waals surface area contributed by atoms with Gasteiger partial charge in [0.25, 0.3) is 0 Å². The molecule has 0 amide bonds. The number of rotatable bonds is 2. The van der Waals surface area contributed by atoms with E-state index in [2.05, 4.69) is 0 Å². The van der Waals surface area contributed by atoms with Crippen molar-refractivity contribution in [3.05, 3.63) is 71.8 Å². The SMILES string of the molecule is O=S1(=O)OCC2(COS(=O)(=O)OC2c2ccccc2)C(c2ccccc2)O1. The van der Waals surface area contributed by atoms with E-state index in [1.165, 1.54) is 0 Å². The summed E-state index contributed by atoms with van der Waals surface area (Å²) in [4.78, 5) is 0. The molecule has 0 aromatic heterocycles. The average Bonchev–Trinajstić information content (AvgIpc) is 2.66. The first-order valence-corrected chi connectivity index (χ1v) is 10.7. The molecule has 8 nitrogen and oxygen atoms in total. The molecular formula is C17H16O8S2. The van der Waals surface area contributed by atoms with Crippen LogP contribution >= 0.6 is 0 Å². The van der Waals surface area contributed by atoms with Crippen molar-refractivity contribution in [1.82, 2.24) is 0 Å². The molecule has 2 aromatic rings. The van der Waals surface area contributed by atoms with Crippen LogP contribution < -0.4 is 0 Å². The van der Waals surface area contributed by atoms with Crippen LogP contribution in [0.4, 0.5) is 0 Å². The van der Waals surface area contributed by atoms with Gasteiger partial charge in [0.1, 0.15) is 12.2 Å². The summed E-state index contributed by atoms with van der Waals surface area (Å²) in [6.45, 7) is -0.714. The highest BCUT2D eigenvalue weighted by Crippen LogP contribution is 2.54. The van der Waals surface area contributed by atoms with Crippen LogP contribution in [0.3, 0.4) is 0 Å². The zero-order valence-electron chi connectivity index (χ0n) is 13.9. The van der Waals surface area contributed by atoms with Gasteiger partial charge in [-0.3, -0.25) is 0 Å². The van der Waals surface area contributed by atoms with Crippen LogP contribution in [0.25, 0.3) is 0 Å². The molecule has 0 radical (unpaired) electrons. The topological polar surface area (TPSA) is 105 Å². The maximum Gasteiger partial charge on any atom is 0.400 e. The summed E-state index contributed by atoms with van der Waals surface area (Å²) >= 11 is 0. The first-order chi connectivity index (χ1) is 12.8. The van der Waals surface area contributed by atoms with E-state index < -0.39 is 38.4 Å². The van der Waals surface area contributed by atoms with Crippen molar-refractivity contribution in [3.63, 3.8) is 0 Å². The number of hydrogen-bond acceptors (Lipinski definition) is 8. The van der Waals surface area contributed by atoms with Crippen molar-refractivity contribution in [1.29, 1.82) is 0 Å². The lowest BCUT2D eigenvalue weighted by Gasteiger charge is -2.48. The maximum absolute atomic E-state index is 12.0. The molecule has 2 unspecified atom stereocenters. The molecule has 2 aliphatic heterocycles. The van der Waals surface area contributed by atoms with Crippen LogP contribution in [0.1, 0.15) is 23.3 Å². The van der Waals surface area contributed by atoms with Gasteiger partial charge in [-0.25, -0.2) is 16.7 Å². The van der Waals surface area contributed by atoms with Gasteiger partial charge in [0.05, 0.1) is 18.6 Å². The van der Waals surface area contributed by atoms with E-state index in [1.807, 2.05) is 0 Å². The summed E-state index contributed by atoms with van der Waals surface area (Å²) in [6.07, 6.45) is -2.11. The minimum absolute atomic E-state index is 0.357. The van der Waals surface area contributed by atoms with Gasteiger partial charge < -0.3 is 0 Å². The standard InChI is InChI=1S/C17H16O8S2/c18-26(19)22-11-17(15(24-26)13-7-3-1-4-8-13)12-23-27(20,21)25-16(17)14-9-5-2-6-10-14/h1-10,15-16H,11-12H2. The molecule has 2 aliphatic rings. The molecule has 0 saturated carbocycles. The van der Waals surface area contributed by atoms with E-state index in [-0.39, 0.29) is 13.2 Å². The third kappa shape index (κ3) is 3.51. The van der Waals surface area contributed by atoms with Crippen LogP contribution in [0.5, 0.6) is 0 Å². The van der Waals surface area contributed by atoms with Gasteiger partial charge in [0.2, 0.25) is 0 Å². The fraction of sp³-hybridized carbons (Fsp3) is 0.294. The van der Waals surface area contributed by atoms with Crippen molar-refractivity contribution in [2.24, 2.45) is 5.41 Å². The Hall–Kier alpha value is -1.82. The summed E-state index contributed by atoms with van der Waals surface area (Å²) in [5, 5.41) is 0. The molecule has 1 spiro atoms. The van der Waals surface area contributed by atoms with E-state index in [4.69, 9.17) is 16.7 Å². The quantitative estimate of drug-likeness (QED) is 0.738. The molecule has 4 rings (SSSR count). The minimum Gasteiger partial charge on any atom is -0.247 e. The zero-order chi connectivity index (χ0) is 19.1. The molecule has 0 aliphatic carbocycles. The van der Waals surface area contributed by atoms with Gasteiger partial charge in [-0.2, -0.15) is 16.8 Å². The van der Waals surface area contributed by atoms with Crippen molar-refractivity contribution in [2.45, 2.75) is 12.2 Å². The average molecular weight is 412 g/mol. The fourth-order valence-electron chi connectivity index (χ4n) is 3.36. The Morgan fingerprint density at radius 1 is 0.667 bits per heavy atom. The van der Waals surface area contributed by atoms with E-state index >= 15 is 0 Å². The van der Waals surface area contributed by atoms with Gasteiger partial charge in [-0.05, 0) is 11.1 Å². The highest BCUT2D eigenvalue weighted by molar-refractivity contribution is 7.82. The first kappa shape index (κ1) is 18.5. The summed E-state index contributed by atoms with van der Waals surface area (Å²) in [5.41, 5.74) is -0.159. The molecule has 27 heavy (non-hydrogen) atoms.